The maximum Gasteiger partial charge on any atom is 0.319 e. The number of nitrogens with one attached hydrogen (secondary N) is 2. The molecule has 1 saturated carbocycles. The molecule has 1 heterocycles. The Morgan fingerprint density at radius 3 is 2.68 bits per heavy atom. The lowest BCUT2D eigenvalue weighted by Crippen LogP contribution is -2.34. The average molecular weight is 380 g/mol. The van der Waals surface area contributed by atoms with E-state index >= 15 is 0 Å². The molecule has 28 heavy (non-hydrogen) atoms. The summed E-state index contributed by atoms with van der Waals surface area (Å²) in [5.74, 6) is 0.539. The first kappa shape index (κ1) is 19.9. The van der Waals surface area contributed by atoms with Crippen LogP contribution in [0.15, 0.2) is 42.6 Å². The third-order valence-corrected chi connectivity index (χ3v) is 5.04. The Bertz CT molecular complexity index is 846. The summed E-state index contributed by atoms with van der Waals surface area (Å²) in [5, 5.41) is 6.02. The van der Waals surface area contributed by atoms with E-state index in [1.165, 1.54) is 0 Å². The van der Waals surface area contributed by atoms with Crippen LogP contribution in [0, 0.1) is 12.8 Å². The lowest BCUT2D eigenvalue weighted by atomic mass is 10.0. The minimum Gasteiger partial charge on any atom is -0.349 e. The molecule has 6 nitrogen and oxygen atoms in total. The fourth-order valence-electron chi connectivity index (χ4n) is 3.25. The highest BCUT2D eigenvalue weighted by Crippen LogP contribution is 2.41. The Morgan fingerprint density at radius 2 is 2.00 bits per heavy atom. The van der Waals surface area contributed by atoms with Crippen molar-refractivity contribution in [3.63, 3.8) is 0 Å². The summed E-state index contributed by atoms with van der Waals surface area (Å²) in [6.45, 7) is 2.02. The van der Waals surface area contributed by atoms with Gasteiger partial charge in [-0.1, -0.05) is 18.2 Å². The molecular weight excluding hydrogens is 352 g/mol. The second-order valence-electron chi connectivity index (χ2n) is 7.61. The topological polar surface area (TPSA) is 74.3 Å². The number of aryl methyl sites for hydroxylation is 2. The zero-order chi connectivity index (χ0) is 20.1. The minimum absolute atomic E-state index is 0.0675. The summed E-state index contributed by atoms with van der Waals surface area (Å²) in [7, 11) is 3.51. The summed E-state index contributed by atoms with van der Waals surface area (Å²) in [6, 6.07) is 11.3. The Labute approximate surface area is 166 Å². The van der Waals surface area contributed by atoms with Crippen molar-refractivity contribution >= 4 is 17.6 Å². The van der Waals surface area contributed by atoms with Gasteiger partial charge in [0.1, 0.15) is 0 Å². The Kier molecular flexibility index (Phi) is 6.29. The van der Waals surface area contributed by atoms with E-state index in [4.69, 9.17) is 0 Å². The number of benzene rings is 1. The van der Waals surface area contributed by atoms with E-state index in [9.17, 15) is 9.59 Å². The highest BCUT2D eigenvalue weighted by Gasteiger charge is 2.35. The van der Waals surface area contributed by atoms with Gasteiger partial charge in [0, 0.05) is 32.4 Å². The molecule has 1 unspecified atom stereocenters. The van der Waals surface area contributed by atoms with Gasteiger partial charge in [0.2, 0.25) is 5.91 Å². The van der Waals surface area contributed by atoms with Gasteiger partial charge in [-0.2, -0.15) is 0 Å². The van der Waals surface area contributed by atoms with Gasteiger partial charge in [0.25, 0.3) is 0 Å². The minimum atomic E-state index is -0.233. The first-order chi connectivity index (χ1) is 13.4. The molecule has 2 N–H and O–H groups in total. The zero-order valence-electron chi connectivity index (χ0n) is 16.7. The molecule has 1 aliphatic rings. The fourth-order valence-corrected chi connectivity index (χ4v) is 3.25. The first-order valence-electron chi connectivity index (χ1n) is 9.72. The van der Waals surface area contributed by atoms with Crippen molar-refractivity contribution in [1.82, 2.24) is 15.2 Å². The molecule has 0 spiro atoms. The van der Waals surface area contributed by atoms with Gasteiger partial charge >= 0.3 is 6.03 Å². The van der Waals surface area contributed by atoms with Gasteiger partial charge in [-0.3, -0.25) is 9.78 Å². The summed E-state index contributed by atoms with van der Waals surface area (Å²) in [4.78, 5) is 30.4. The SMILES string of the molecule is Cc1cccnc1C(NC(=O)Nc1cccc(CCC(=O)N(C)C)c1)C1CC1. The number of carbonyl (C=O) groups is 2. The third kappa shape index (κ3) is 5.31. The molecule has 0 bridgehead atoms. The number of carbonyl (C=O) groups excluding carboxylic acids is 2. The van der Waals surface area contributed by atoms with E-state index in [-0.39, 0.29) is 18.0 Å². The number of hydrogen-bond donors (Lipinski definition) is 2. The second kappa shape index (κ2) is 8.87. The van der Waals surface area contributed by atoms with Crippen LogP contribution in [0.2, 0.25) is 0 Å². The van der Waals surface area contributed by atoms with Crippen LogP contribution in [0.4, 0.5) is 10.5 Å². The van der Waals surface area contributed by atoms with Gasteiger partial charge < -0.3 is 15.5 Å². The molecule has 1 aliphatic carbocycles. The van der Waals surface area contributed by atoms with Crippen molar-refractivity contribution < 1.29 is 9.59 Å². The van der Waals surface area contributed by atoms with Crippen molar-refractivity contribution in [3.05, 3.63) is 59.4 Å². The Morgan fingerprint density at radius 1 is 1.21 bits per heavy atom. The van der Waals surface area contributed by atoms with Crippen LogP contribution in [-0.2, 0) is 11.2 Å². The third-order valence-electron chi connectivity index (χ3n) is 5.04. The summed E-state index contributed by atoms with van der Waals surface area (Å²) in [6.07, 6.45) is 5.08. The molecule has 0 aliphatic heterocycles. The number of anilines is 1. The number of aromatic nitrogens is 1. The molecule has 3 amide bonds. The van der Waals surface area contributed by atoms with Crippen LogP contribution in [0.5, 0.6) is 0 Å². The van der Waals surface area contributed by atoms with E-state index in [0.717, 1.165) is 35.3 Å². The number of urea groups is 1. The fraction of sp³-hybridized carbons (Fsp3) is 0.409. The van der Waals surface area contributed by atoms with Crippen LogP contribution in [-0.4, -0.2) is 35.9 Å². The van der Waals surface area contributed by atoms with Gasteiger partial charge in [-0.15, -0.1) is 0 Å². The smallest absolute Gasteiger partial charge is 0.319 e. The van der Waals surface area contributed by atoms with Crippen molar-refractivity contribution in [2.24, 2.45) is 5.92 Å². The van der Waals surface area contributed by atoms with Crippen molar-refractivity contribution in [1.29, 1.82) is 0 Å². The first-order valence-corrected chi connectivity index (χ1v) is 9.72. The van der Waals surface area contributed by atoms with Crippen LogP contribution in [0.3, 0.4) is 0 Å². The van der Waals surface area contributed by atoms with Crippen LogP contribution >= 0.6 is 0 Å². The summed E-state index contributed by atoms with van der Waals surface area (Å²) >= 11 is 0. The molecule has 6 heteroatoms. The maximum atomic E-state index is 12.6. The lowest BCUT2D eigenvalue weighted by Gasteiger charge is -2.20. The van der Waals surface area contributed by atoms with Crippen LogP contribution < -0.4 is 10.6 Å². The van der Waals surface area contributed by atoms with Gasteiger partial charge in [-0.05, 0) is 61.4 Å². The number of pyridine rings is 1. The molecule has 0 saturated heterocycles. The normalized spacial score (nSPS) is 14.2. The highest BCUT2D eigenvalue weighted by molar-refractivity contribution is 5.89. The lowest BCUT2D eigenvalue weighted by molar-refractivity contribution is -0.128. The summed E-state index contributed by atoms with van der Waals surface area (Å²) in [5.41, 5.74) is 3.77. The molecular formula is C22H28N4O2. The number of rotatable bonds is 7. The van der Waals surface area contributed by atoms with Gasteiger partial charge in [-0.25, -0.2) is 4.79 Å². The monoisotopic (exact) mass is 380 g/mol. The number of amides is 3. The second-order valence-corrected chi connectivity index (χ2v) is 7.61. The standard InChI is InChI=1S/C22H28N4O2/c1-15-6-5-13-23-20(15)21(17-10-11-17)25-22(28)24-18-8-4-7-16(14-18)9-12-19(27)26(2)3/h4-8,13-14,17,21H,9-12H2,1-3H3,(H2,24,25,28). The average Bonchev–Trinajstić information content (AvgIpc) is 3.50. The molecule has 1 fully saturated rings. The Hall–Kier alpha value is -2.89. The number of hydrogen-bond acceptors (Lipinski definition) is 3. The molecule has 0 radical (unpaired) electrons. The predicted octanol–water partition coefficient (Wildman–Crippen LogP) is 3.68. The zero-order valence-corrected chi connectivity index (χ0v) is 16.7. The van der Waals surface area contributed by atoms with E-state index in [0.29, 0.717) is 18.8 Å². The largest absolute Gasteiger partial charge is 0.349 e. The van der Waals surface area contributed by atoms with Crippen molar-refractivity contribution in [3.8, 4) is 0 Å². The van der Waals surface area contributed by atoms with Crippen LogP contribution in [0.1, 0.15) is 42.1 Å². The quantitative estimate of drug-likeness (QED) is 0.769. The van der Waals surface area contributed by atoms with E-state index in [1.807, 2.05) is 43.3 Å². The molecule has 1 aromatic carbocycles. The molecule has 1 aromatic heterocycles. The maximum absolute atomic E-state index is 12.6. The van der Waals surface area contributed by atoms with Crippen LogP contribution in [0.25, 0.3) is 0 Å². The molecule has 2 aromatic rings. The van der Waals surface area contributed by atoms with E-state index in [2.05, 4.69) is 15.6 Å². The van der Waals surface area contributed by atoms with E-state index < -0.39 is 0 Å². The summed E-state index contributed by atoms with van der Waals surface area (Å²) < 4.78 is 0. The molecule has 3 rings (SSSR count). The van der Waals surface area contributed by atoms with E-state index in [1.54, 1.807) is 25.2 Å². The van der Waals surface area contributed by atoms with Crippen molar-refractivity contribution in [2.45, 2.75) is 38.6 Å². The Balaban J connectivity index is 1.62. The number of nitrogens with zero attached hydrogens (tertiary/aromatic N) is 2. The predicted molar refractivity (Wildman–Crippen MR) is 110 cm³/mol. The van der Waals surface area contributed by atoms with Gasteiger partial charge in [0.15, 0.2) is 0 Å². The highest BCUT2D eigenvalue weighted by atomic mass is 16.2. The van der Waals surface area contributed by atoms with Gasteiger partial charge in [0.05, 0.1) is 11.7 Å². The molecule has 148 valence electrons. The molecule has 1 atom stereocenters. The van der Waals surface area contributed by atoms with Crippen molar-refractivity contribution in [2.75, 3.05) is 19.4 Å².